The van der Waals surface area contributed by atoms with Crippen LogP contribution < -0.4 is 5.73 Å². The molecule has 5 heteroatoms. The maximum absolute atomic E-state index is 12.1. The first-order valence-corrected chi connectivity index (χ1v) is 5.76. The molecule has 1 rings (SSSR count). The van der Waals surface area contributed by atoms with Crippen molar-refractivity contribution < 1.29 is 8.78 Å². The largest absolute Gasteiger partial charge is 0.387 e. The molecule has 0 saturated heterocycles. The summed E-state index contributed by atoms with van der Waals surface area (Å²) in [6.07, 6.45) is 0. The van der Waals surface area contributed by atoms with Crippen molar-refractivity contribution in [2.75, 3.05) is 0 Å². The van der Waals surface area contributed by atoms with Gasteiger partial charge in [0, 0.05) is 10.8 Å². The van der Waals surface area contributed by atoms with E-state index in [9.17, 15) is 8.78 Å². The first kappa shape index (κ1) is 13.0. The van der Waals surface area contributed by atoms with E-state index in [4.69, 9.17) is 5.73 Å². The molecule has 0 heterocycles. The fourth-order valence-corrected chi connectivity index (χ4v) is 1.48. The quantitative estimate of drug-likeness (QED) is 0.499. The van der Waals surface area contributed by atoms with Gasteiger partial charge in [0.15, 0.2) is 0 Å². The van der Waals surface area contributed by atoms with Crippen molar-refractivity contribution >= 4 is 23.3 Å². The van der Waals surface area contributed by atoms with E-state index in [-0.39, 0.29) is 5.92 Å². The Hall–Kier alpha value is -1.10. The van der Waals surface area contributed by atoms with E-state index in [0.29, 0.717) is 28.2 Å². The van der Waals surface area contributed by atoms with Crippen molar-refractivity contribution in [2.45, 2.75) is 24.5 Å². The van der Waals surface area contributed by atoms with E-state index >= 15 is 0 Å². The van der Waals surface area contributed by atoms with Gasteiger partial charge in [0.1, 0.15) is 5.84 Å². The zero-order valence-electron chi connectivity index (χ0n) is 9.15. The lowest BCUT2D eigenvalue weighted by Gasteiger charge is -2.04. The summed E-state index contributed by atoms with van der Waals surface area (Å²) in [5, 5.41) is 0. The van der Waals surface area contributed by atoms with Crippen molar-refractivity contribution in [3.63, 3.8) is 0 Å². The summed E-state index contributed by atoms with van der Waals surface area (Å²) in [5.41, 5.74) is 6.38. The number of hydrogen-bond donors (Lipinski definition) is 1. The average molecular weight is 244 g/mol. The molecule has 0 aliphatic heterocycles. The van der Waals surface area contributed by atoms with Gasteiger partial charge in [0.05, 0.1) is 5.69 Å². The van der Waals surface area contributed by atoms with E-state index in [2.05, 4.69) is 4.99 Å². The number of alkyl halides is 2. The number of nitrogens with two attached hydrogens (primary N) is 1. The summed E-state index contributed by atoms with van der Waals surface area (Å²) in [5.74, 6) is -1.68. The van der Waals surface area contributed by atoms with E-state index in [1.807, 2.05) is 13.8 Å². The third-order valence-corrected chi connectivity index (χ3v) is 2.63. The highest BCUT2D eigenvalue weighted by atomic mass is 32.2. The van der Waals surface area contributed by atoms with Gasteiger partial charge in [-0.15, -0.1) is 0 Å². The van der Waals surface area contributed by atoms with Gasteiger partial charge < -0.3 is 5.73 Å². The molecule has 0 fully saturated rings. The van der Waals surface area contributed by atoms with Crippen LogP contribution in [0.1, 0.15) is 13.8 Å². The van der Waals surface area contributed by atoms with Gasteiger partial charge in [-0.25, -0.2) is 4.99 Å². The third-order valence-electron chi connectivity index (χ3n) is 1.91. The molecule has 2 N–H and O–H groups in total. The molecule has 2 nitrogen and oxygen atoms in total. The maximum Gasteiger partial charge on any atom is 0.288 e. The Morgan fingerprint density at radius 1 is 1.25 bits per heavy atom. The van der Waals surface area contributed by atoms with Crippen LogP contribution >= 0.6 is 11.8 Å². The molecule has 0 atom stereocenters. The smallest absolute Gasteiger partial charge is 0.288 e. The molecule has 88 valence electrons. The standard InChI is InChI=1S/C11H14F2N2S/c1-7(2)10(14)15-8-3-5-9(6-4-8)16-11(12)13/h3-7,11H,1-2H3,(H2,14,15). The fourth-order valence-electron chi connectivity index (χ4n) is 0.980. The van der Waals surface area contributed by atoms with E-state index in [1.165, 1.54) is 0 Å². The number of hydrogen-bond acceptors (Lipinski definition) is 2. The van der Waals surface area contributed by atoms with Crippen molar-refractivity contribution in [3.8, 4) is 0 Å². The molecular formula is C11H14F2N2S. The normalized spacial score (nSPS) is 12.5. The summed E-state index contributed by atoms with van der Waals surface area (Å²) in [7, 11) is 0. The Labute approximate surface area is 97.9 Å². The minimum atomic E-state index is -2.39. The lowest BCUT2D eigenvalue weighted by atomic mass is 10.2. The van der Waals surface area contributed by atoms with E-state index in [0.717, 1.165) is 0 Å². The van der Waals surface area contributed by atoms with Crippen LogP contribution in [0.15, 0.2) is 34.2 Å². The first-order valence-electron chi connectivity index (χ1n) is 4.88. The first-order chi connectivity index (χ1) is 7.49. The van der Waals surface area contributed by atoms with Crippen molar-refractivity contribution in [1.29, 1.82) is 0 Å². The second-order valence-corrected chi connectivity index (χ2v) is 4.63. The minimum Gasteiger partial charge on any atom is -0.387 e. The Bertz CT molecular complexity index is 361. The Kier molecular flexibility index (Phi) is 4.73. The minimum absolute atomic E-state index is 0.176. The van der Waals surface area contributed by atoms with Gasteiger partial charge in [-0.2, -0.15) is 8.78 Å². The van der Waals surface area contributed by atoms with E-state index in [1.54, 1.807) is 24.3 Å². The number of amidine groups is 1. The fraction of sp³-hybridized carbons (Fsp3) is 0.364. The van der Waals surface area contributed by atoms with Crippen molar-refractivity contribution in [2.24, 2.45) is 16.6 Å². The molecule has 0 aromatic heterocycles. The van der Waals surface area contributed by atoms with Gasteiger partial charge >= 0.3 is 0 Å². The predicted molar refractivity (Wildman–Crippen MR) is 64.4 cm³/mol. The highest BCUT2D eigenvalue weighted by Gasteiger charge is 2.05. The van der Waals surface area contributed by atoms with Crippen LogP contribution in [0.5, 0.6) is 0 Å². The topological polar surface area (TPSA) is 38.4 Å². The van der Waals surface area contributed by atoms with Gasteiger partial charge in [0.2, 0.25) is 0 Å². The molecule has 0 aliphatic carbocycles. The van der Waals surface area contributed by atoms with Crippen LogP contribution in [0.2, 0.25) is 0 Å². The highest BCUT2D eigenvalue weighted by Crippen LogP contribution is 2.26. The Morgan fingerprint density at radius 2 is 1.81 bits per heavy atom. The number of rotatable bonds is 4. The molecule has 1 aromatic carbocycles. The summed E-state index contributed by atoms with van der Waals surface area (Å²) in [6.45, 7) is 3.89. The molecule has 1 aromatic rings. The van der Waals surface area contributed by atoms with Crippen molar-refractivity contribution in [1.82, 2.24) is 0 Å². The Morgan fingerprint density at radius 3 is 2.25 bits per heavy atom. The number of halogens is 2. The molecule has 0 unspecified atom stereocenters. The maximum atomic E-state index is 12.1. The number of benzene rings is 1. The Balaban J connectivity index is 2.75. The summed E-state index contributed by atoms with van der Waals surface area (Å²) in [6, 6.07) is 6.59. The highest BCUT2D eigenvalue weighted by molar-refractivity contribution is 7.99. The molecule has 0 saturated carbocycles. The van der Waals surface area contributed by atoms with Crippen molar-refractivity contribution in [3.05, 3.63) is 24.3 Å². The van der Waals surface area contributed by atoms with Crippen LogP contribution in [0, 0.1) is 5.92 Å². The van der Waals surface area contributed by atoms with Crippen LogP contribution in [-0.4, -0.2) is 11.6 Å². The molecule has 0 aliphatic rings. The number of aliphatic imine (C=N–C) groups is 1. The zero-order valence-corrected chi connectivity index (χ0v) is 9.97. The molecule has 0 bridgehead atoms. The predicted octanol–water partition coefficient (Wildman–Crippen LogP) is 3.65. The number of thioether (sulfide) groups is 1. The summed E-state index contributed by atoms with van der Waals surface area (Å²) >= 11 is 0.519. The van der Waals surface area contributed by atoms with Crippen LogP contribution in [0.3, 0.4) is 0 Å². The number of nitrogens with zero attached hydrogens (tertiary/aromatic N) is 1. The van der Waals surface area contributed by atoms with Gasteiger partial charge in [-0.1, -0.05) is 25.6 Å². The van der Waals surface area contributed by atoms with Crippen LogP contribution in [-0.2, 0) is 0 Å². The monoisotopic (exact) mass is 244 g/mol. The zero-order chi connectivity index (χ0) is 12.1. The lowest BCUT2D eigenvalue weighted by Crippen LogP contribution is -2.17. The van der Waals surface area contributed by atoms with Gasteiger partial charge in [-0.3, -0.25) is 0 Å². The molecule has 16 heavy (non-hydrogen) atoms. The van der Waals surface area contributed by atoms with Crippen LogP contribution in [0.4, 0.5) is 14.5 Å². The second-order valence-electron chi connectivity index (χ2n) is 3.56. The van der Waals surface area contributed by atoms with E-state index < -0.39 is 5.76 Å². The van der Waals surface area contributed by atoms with Gasteiger partial charge in [0.25, 0.3) is 5.76 Å². The van der Waals surface area contributed by atoms with Crippen LogP contribution in [0.25, 0.3) is 0 Å². The lowest BCUT2D eigenvalue weighted by molar-refractivity contribution is 0.252. The molecule has 0 amide bonds. The molecule has 0 spiro atoms. The van der Waals surface area contributed by atoms with Gasteiger partial charge in [-0.05, 0) is 24.3 Å². The molecule has 0 radical (unpaired) electrons. The average Bonchev–Trinajstić information content (AvgIpc) is 2.20. The molecular weight excluding hydrogens is 230 g/mol. The SMILES string of the molecule is CC(C)C(N)=Nc1ccc(SC(F)F)cc1. The summed E-state index contributed by atoms with van der Waals surface area (Å²) < 4.78 is 24.1. The summed E-state index contributed by atoms with van der Waals surface area (Å²) in [4.78, 5) is 4.70. The second kappa shape index (κ2) is 5.84. The third kappa shape index (κ3) is 4.18.